The SMILES string of the molecule is CCCCOc1nccc(-c2nc(N)ncc2Cl)c1Cl.OC1CCCOC1. The molecule has 1 atom stereocenters. The number of halogens is 2. The van der Waals surface area contributed by atoms with Crippen molar-refractivity contribution in [2.75, 3.05) is 25.6 Å². The lowest BCUT2D eigenvalue weighted by molar-refractivity contribution is -0.00535. The highest BCUT2D eigenvalue weighted by Crippen LogP contribution is 2.35. The summed E-state index contributed by atoms with van der Waals surface area (Å²) in [5.74, 6) is 0.497. The number of unbranched alkanes of at least 4 members (excludes halogenated alkanes) is 1. The average Bonchev–Trinajstić information content (AvgIpc) is 2.67. The molecule has 0 radical (unpaired) electrons. The van der Waals surface area contributed by atoms with Crippen LogP contribution in [-0.4, -0.2) is 46.0 Å². The Bertz CT molecular complexity index is 728. The molecule has 0 bridgehead atoms. The molecule has 7 nitrogen and oxygen atoms in total. The van der Waals surface area contributed by atoms with E-state index >= 15 is 0 Å². The molecular weight excluding hydrogens is 391 g/mol. The molecule has 0 aromatic carbocycles. The first-order chi connectivity index (χ1) is 13.0. The van der Waals surface area contributed by atoms with Crippen molar-refractivity contribution >= 4 is 29.2 Å². The van der Waals surface area contributed by atoms with Gasteiger partial charge < -0.3 is 20.3 Å². The van der Waals surface area contributed by atoms with Gasteiger partial charge in [-0.15, -0.1) is 0 Å². The molecule has 0 saturated carbocycles. The summed E-state index contributed by atoms with van der Waals surface area (Å²) in [6, 6.07) is 1.71. The van der Waals surface area contributed by atoms with Gasteiger partial charge in [0.05, 0.1) is 36.2 Å². The smallest absolute Gasteiger partial charge is 0.233 e. The number of aliphatic hydroxyl groups excluding tert-OH is 1. The van der Waals surface area contributed by atoms with Gasteiger partial charge in [0.1, 0.15) is 5.02 Å². The number of rotatable bonds is 5. The highest BCUT2D eigenvalue weighted by Gasteiger charge is 2.15. The van der Waals surface area contributed by atoms with Gasteiger partial charge in [-0.25, -0.2) is 15.0 Å². The summed E-state index contributed by atoms with van der Waals surface area (Å²) in [4.78, 5) is 12.0. The van der Waals surface area contributed by atoms with Crippen molar-refractivity contribution < 1.29 is 14.6 Å². The van der Waals surface area contributed by atoms with Crippen LogP contribution in [0.2, 0.25) is 10.0 Å². The highest BCUT2D eigenvalue weighted by molar-refractivity contribution is 6.36. The van der Waals surface area contributed by atoms with E-state index in [-0.39, 0.29) is 12.1 Å². The summed E-state index contributed by atoms with van der Waals surface area (Å²) in [7, 11) is 0. The van der Waals surface area contributed by atoms with Crippen LogP contribution in [-0.2, 0) is 4.74 Å². The molecule has 3 N–H and O–H groups in total. The first-order valence-corrected chi connectivity index (χ1v) is 9.60. The quantitative estimate of drug-likeness (QED) is 0.717. The molecule has 27 heavy (non-hydrogen) atoms. The minimum Gasteiger partial charge on any atom is -0.477 e. The Labute approximate surface area is 168 Å². The Kier molecular flexibility index (Phi) is 9.00. The van der Waals surface area contributed by atoms with Gasteiger partial charge in [0.2, 0.25) is 11.8 Å². The molecule has 2 aromatic rings. The number of hydrogen-bond donors (Lipinski definition) is 2. The maximum atomic E-state index is 8.78. The maximum absolute atomic E-state index is 8.78. The van der Waals surface area contributed by atoms with Crippen LogP contribution in [0.25, 0.3) is 11.3 Å². The summed E-state index contributed by atoms with van der Waals surface area (Å²) in [5, 5.41) is 9.52. The van der Waals surface area contributed by atoms with Crippen molar-refractivity contribution in [3.8, 4) is 17.1 Å². The van der Waals surface area contributed by atoms with Crippen LogP contribution in [0.4, 0.5) is 5.95 Å². The first-order valence-electron chi connectivity index (χ1n) is 8.84. The second kappa shape index (κ2) is 11.2. The van der Waals surface area contributed by atoms with Crippen LogP contribution in [0, 0.1) is 0 Å². The lowest BCUT2D eigenvalue weighted by Gasteiger charge is -2.15. The Hall–Kier alpha value is -1.67. The van der Waals surface area contributed by atoms with E-state index in [9.17, 15) is 0 Å². The molecule has 3 heterocycles. The second-order valence-corrected chi connectivity index (χ2v) is 6.76. The van der Waals surface area contributed by atoms with Gasteiger partial charge in [-0.3, -0.25) is 0 Å². The van der Waals surface area contributed by atoms with E-state index in [0.29, 0.717) is 40.4 Å². The van der Waals surface area contributed by atoms with Crippen molar-refractivity contribution in [1.82, 2.24) is 15.0 Å². The predicted molar refractivity (Wildman–Crippen MR) is 106 cm³/mol. The van der Waals surface area contributed by atoms with E-state index in [4.69, 9.17) is 43.5 Å². The number of nitrogens with zero attached hydrogens (tertiary/aromatic N) is 3. The minimum absolute atomic E-state index is 0.130. The standard InChI is InChI=1S/C13H14Cl2N4O.C5H10O2/c1-2-3-6-20-12-10(15)8(4-5-17-12)11-9(14)7-18-13(16)19-11;6-5-2-1-3-7-4-5/h4-5,7H,2-3,6H2,1H3,(H2,16,18,19);5-6H,1-4H2. The Balaban J connectivity index is 0.000000313. The lowest BCUT2D eigenvalue weighted by atomic mass is 10.2. The van der Waals surface area contributed by atoms with Crippen molar-refractivity contribution in [2.24, 2.45) is 0 Å². The van der Waals surface area contributed by atoms with Gasteiger partial charge in [-0.2, -0.15) is 0 Å². The third kappa shape index (κ3) is 6.77. The van der Waals surface area contributed by atoms with Crippen LogP contribution in [0.1, 0.15) is 32.6 Å². The molecule has 9 heteroatoms. The number of pyridine rings is 1. The predicted octanol–water partition coefficient (Wildman–Crippen LogP) is 3.76. The zero-order valence-electron chi connectivity index (χ0n) is 15.2. The van der Waals surface area contributed by atoms with Crippen molar-refractivity contribution in [1.29, 1.82) is 0 Å². The maximum Gasteiger partial charge on any atom is 0.233 e. The van der Waals surface area contributed by atoms with Gasteiger partial charge >= 0.3 is 0 Å². The minimum atomic E-state index is -0.186. The first kappa shape index (κ1) is 21.6. The topological polar surface area (TPSA) is 103 Å². The molecule has 0 amide bonds. The van der Waals surface area contributed by atoms with Gasteiger partial charge in [0.15, 0.2) is 0 Å². The fourth-order valence-electron chi connectivity index (χ4n) is 2.31. The monoisotopic (exact) mass is 414 g/mol. The number of aliphatic hydroxyl groups is 1. The molecule has 148 valence electrons. The fourth-order valence-corrected chi connectivity index (χ4v) is 2.76. The average molecular weight is 415 g/mol. The molecule has 2 aromatic heterocycles. The molecule has 1 unspecified atom stereocenters. The van der Waals surface area contributed by atoms with E-state index in [0.717, 1.165) is 32.3 Å². The van der Waals surface area contributed by atoms with Crippen LogP contribution < -0.4 is 10.5 Å². The van der Waals surface area contributed by atoms with Crippen molar-refractivity contribution in [3.63, 3.8) is 0 Å². The van der Waals surface area contributed by atoms with E-state index in [1.807, 2.05) is 0 Å². The second-order valence-electron chi connectivity index (χ2n) is 5.98. The van der Waals surface area contributed by atoms with Crippen LogP contribution >= 0.6 is 23.2 Å². The van der Waals surface area contributed by atoms with Crippen LogP contribution in [0.15, 0.2) is 18.5 Å². The Morgan fingerprint density at radius 1 is 1.37 bits per heavy atom. The van der Waals surface area contributed by atoms with Crippen molar-refractivity contribution in [3.05, 3.63) is 28.5 Å². The van der Waals surface area contributed by atoms with E-state index in [1.54, 1.807) is 12.3 Å². The van der Waals surface area contributed by atoms with Gasteiger partial charge in [0, 0.05) is 18.4 Å². The van der Waals surface area contributed by atoms with Gasteiger partial charge in [-0.05, 0) is 25.3 Å². The van der Waals surface area contributed by atoms with Crippen LogP contribution in [0.5, 0.6) is 5.88 Å². The Morgan fingerprint density at radius 3 is 2.81 bits per heavy atom. The summed E-state index contributed by atoms with van der Waals surface area (Å²) < 4.78 is 10.5. The number of ether oxygens (including phenoxy) is 2. The molecule has 0 aliphatic carbocycles. The summed E-state index contributed by atoms with van der Waals surface area (Å²) in [5.41, 5.74) is 6.66. The van der Waals surface area contributed by atoms with E-state index < -0.39 is 0 Å². The van der Waals surface area contributed by atoms with Crippen LogP contribution in [0.3, 0.4) is 0 Å². The summed E-state index contributed by atoms with van der Waals surface area (Å²) in [6.07, 6.45) is 6.75. The number of hydrogen-bond acceptors (Lipinski definition) is 7. The highest BCUT2D eigenvalue weighted by atomic mass is 35.5. The van der Waals surface area contributed by atoms with E-state index in [2.05, 4.69) is 21.9 Å². The van der Waals surface area contributed by atoms with Gasteiger partial charge in [-0.1, -0.05) is 36.5 Å². The number of nitrogen functional groups attached to an aromatic ring is 1. The Morgan fingerprint density at radius 2 is 2.19 bits per heavy atom. The van der Waals surface area contributed by atoms with Crippen molar-refractivity contribution in [2.45, 2.75) is 38.7 Å². The number of nitrogens with two attached hydrogens (primary N) is 1. The van der Waals surface area contributed by atoms with E-state index in [1.165, 1.54) is 6.20 Å². The molecular formula is C18H24Cl2N4O3. The molecule has 1 aliphatic rings. The number of anilines is 1. The summed E-state index contributed by atoms with van der Waals surface area (Å²) in [6.45, 7) is 4.02. The molecule has 1 fully saturated rings. The molecule has 1 saturated heterocycles. The third-order valence-electron chi connectivity index (χ3n) is 3.75. The normalized spacial score (nSPS) is 16.4. The third-order valence-corrected chi connectivity index (χ3v) is 4.39. The number of aromatic nitrogens is 3. The molecule has 3 rings (SSSR count). The largest absolute Gasteiger partial charge is 0.477 e. The zero-order chi connectivity index (χ0) is 19.6. The molecule has 0 spiro atoms. The summed E-state index contributed by atoms with van der Waals surface area (Å²) >= 11 is 12.4. The van der Waals surface area contributed by atoms with Gasteiger partial charge in [0.25, 0.3) is 0 Å². The molecule has 1 aliphatic heterocycles. The lowest BCUT2D eigenvalue weighted by Crippen LogP contribution is -2.21. The fraction of sp³-hybridized carbons (Fsp3) is 0.500. The zero-order valence-corrected chi connectivity index (χ0v) is 16.7.